The van der Waals surface area contributed by atoms with Crippen LogP contribution in [0.2, 0.25) is 0 Å². The number of nitrogens with zero attached hydrogens (tertiary/aromatic N) is 1. The summed E-state index contributed by atoms with van der Waals surface area (Å²) in [4.78, 5) is 14.8. The van der Waals surface area contributed by atoms with Crippen LogP contribution in [-0.2, 0) is 10.0 Å². The van der Waals surface area contributed by atoms with Gasteiger partial charge in [0.2, 0.25) is 10.0 Å². The minimum Gasteiger partial charge on any atom is -0.321 e. The van der Waals surface area contributed by atoms with E-state index in [0.29, 0.717) is 16.9 Å². The van der Waals surface area contributed by atoms with Crippen LogP contribution in [0.5, 0.6) is 0 Å². The normalized spacial score (nSPS) is 11.1. The number of sulfonamides is 1. The van der Waals surface area contributed by atoms with Crippen LogP contribution >= 0.6 is 11.8 Å². The van der Waals surface area contributed by atoms with Gasteiger partial charge in [-0.15, -0.1) is 0 Å². The van der Waals surface area contributed by atoms with Crippen LogP contribution in [0.3, 0.4) is 0 Å². The lowest BCUT2D eigenvalue weighted by Gasteiger charge is -2.19. The molecule has 0 aliphatic carbocycles. The Balaban J connectivity index is 1.82. The lowest BCUT2D eigenvalue weighted by atomic mass is 10.2. The second kappa shape index (κ2) is 9.15. The number of benzene rings is 3. The van der Waals surface area contributed by atoms with E-state index in [1.54, 1.807) is 43.0 Å². The first-order valence-corrected chi connectivity index (χ1v) is 11.5. The number of hydrogen-bond donors (Lipinski definition) is 1. The highest BCUT2D eigenvalue weighted by Crippen LogP contribution is 2.33. The average Bonchev–Trinajstić information content (AvgIpc) is 2.75. The minimum atomic E-state index is -3.40. The van der Waals surface area contributed by atoms with Gasteiger partial charge in [0.05, 0.1) is 17.1 Å². The van der Waals surface area contributed by atoms with Crippen molar-refractivity contribution in [2.45, 2.75) is 16.7 Å². The molecule has 3 aromatic rings. The van der Waals surface area contributed by atoms with Crippen molar-refractivity contribution < 1.29 is 13.2 Å². The lowest BCUT2D eigenvalue weighted by Crippen LogP contribution is -2.28. The van der Waals surface area contributed by atoms with E-state index in [0.717, 1.165) is 9.79 Å². The van der Waals surface area contributed by atoms with Crippen molar-refractivity contribution in [3.63, 3.8) is 0 Å². The monoisotopic (exact) mass is 426 g/mol. The Labute approximate surface area is 175 Å². The van der Waals surface area contributed by atoms with Crippen molar-refractivity contribution in [2.24, 2.45) is 0 Å². The van der Waals surface area contributed by atoms with E-state index in [1.807, 2.05) is 54.6 Å². The molecule has 5 nitrogen and oxygen atoms in total. The van der Waals surface area contributed by atoms with Crippen molar-refractivity contribution in [3.05, 3.63) is 84.4 Å². The molecular weight excluding hydrogens is 404 g/mol. The summed E-state index contributed by atoms with van der Waals surface area (Å²) in [6.45, 7) is 1.59. The Morgan fingerprint density at radius 3 is 2.38 bits per heavy atom. The highest BCUT2D eigenvalue weighted by atomic mass is 32.2. The molecule has 0 fully saturated rings. The Bertz CT molecular complexity index is 1100. The van der Waals surface area contributed by atoms with Crippen LogP contribution < -0.4 is 9.62 Å². The van der Waals surface area contributed by atoms with Gasteiger partial charge in [0.1, 0.15) is 0 Å². The molecule has 3 rings (SSSR count). The second-order valence-corrected chi connectivity index (χ2v) is 9.69. The minimum absolute atomic E-state index is 0.00991. The number of amides is 1. The fraction of sp³-hybridized carbons (Fsp3) is 0.136. The molecule has 0 saturated heterocycles. The maximum Gasteiger partial charge on any atom is 0.255 e. The van der Waals surface area contributed by atoms with Gasteiger partial charge in [0.25, 0.3) is 5.91 Å². The third kappa shape index (κ3) is 5.19. The first-order valence-electron chi connectivity index (χ1n) is 9.10. The summed E-state index contributed by atoms with van der Waals surface area (Å²) in [5.41, 5.74) is 1.54. The molecule has 0 aliphatic rings. The van der Waals surface area contributed by atoms with Crippen molar-refractivity contribution in [1.29, 1.82) is 0 Å². The van der Waals surface area contributed by atoms with E-state index in [1.165, 1.54) is 11.4 Å². The third-order valence-electron chi connectivity index (χ3n) is 4.36. The fourth-order valence-electron chi connectivity index (χ4n) is 2.67. The number of para-hydroxylation sites is 1. The van der Waals surface area contributed by atoms with E-state index in [9.17, 15) is 13.2 Å². The molecule has 29 heavy (non-hydrogen) atoms. The van der Waals surface area contributed by atoms with Gasteiger partial charge in [-0.05, 0) is 49.4 Å². The van der Waals surface area contributed by atoms with E-state index >= 15 is 0 Å². The molecule has 0 bridgehead atoms. The van der Waals surface area contributed by atoms with Crippen molar-refractivity contribution in [1.82, 2.24) is 0 Å². The Morgan fingerprint density at radius 2 is 1.66 bits per heavy atom. The number of rotatable bonds is 7. The molecule has 0 saturated carbocycles. The number of anilines is 2. The Morgan fingerprint density at radius 1 is 0.966 bits per heavy atom. The van der Waals surface area contributed by atoms with Crippen molar-refractivity contribution in [3.8, 4) is 0 Å². The second-order valence-electron chi connectivity index (χ2n) is 6.28. The molecule has 150 valence electrons. The van der Waals surface area contributed by atoms with Crippen LogP contribution in [0.4, 0.5) is 11.4 Å². The maximum atomic E-state index is 12.8. The summed E-state index contributed by atoms with van der Waals surface area (Å²) in [7, 11) is -1.91. The predicted octanol–water partition coefficient (Wildman–Crippen LogP) is 4.88. The summed E-state index contributed by atoms with van der Waals surface area (Å²) < 4.78 is 25.4. The van der Waals surface area contributed by atoms with E-state index in [-0.39, 0.29) is 11.7 Å². The predicted molar refractivity (Wildman–Crippen MR) is 119 cm³/mol. The SMILES string of the molecule is CCS(=O)(=O)N(C)c1cccc(C(=O)Nc2ccccc2Sc2ccccc2)c1. The van der Waals surface area contributed by atoms with Crippen LogP contribution in [0.1, 0.15) is 17.3 Å². The number of carbonyl (C=O) groups is 1. The zero-order valence-electron chi connectivity index (χ0n) is 16.2. The molecule has 0 atom stereocenters. The first-order chi connectivity index (χ1) is 13.9. The topological polar surface area (TPSA) is 66.5 Å². The van der Waals surface area contributed by atoms with E-state index in [2.05, 4.69) is 5.32 Å². The van der Waals surface area contributed by atoms with E-state index in [4.69, 9.17) is 0 Å². The lowest BCUT2D eigenvalue weighted by molar-refractivity contribution is 0.102. The number of carbonyl (C=O) groups excluding carboxylic acids is 1. The van der Waals surface area contributed by atoms with Gasteiger partial charge in [-0.1, -0.05) is 48.2 Å². The number of nitrogens with one attached hydrogen (secondary N) is 1. The molecule has 3 aromatic carbocycles. The molecule has 7 heteroatoms. The molecule has 0 aromatic heterocycles. The molecule has 0 radical (unpaired) electrons. The van der Waals surface area contributed by atoms with Crippen LogP contribution in [0.25, 0.3) is 0 Å². The molecule has 1 amide bonds. The van der Waals surface area contributed by atoms with Crippen LogP contribution in [0, 0.1) is 0 Å². The largest absolute Gasteiger partial charge is 0.321 e. The van der Waals surface area contributed by atoms with Crippen molar-refractivity contribution >= 4 is 39.1 Å². The summed E-state index contributed by atoms with van der Waals surface area (Å²) in [6.07, 6.45) is 0. The average molecular weight is 427 g/mol. The maximum absolute atomic E-state index is 12.8. The van der Waals surface area contributed by atoms with Gasteiger partial charge in [0.15, 0.2) is 0 Å². The van der Waals surface area contributed by atoms with Crippen LogP contribution in [0.15, 0.2) is 88.7 Å². The quantitative estimate of drug-likeness (QED) is 0.585. The summed E-state index contributed by atoms with van der Waals surface area (Å²) in [5, 5.41) is 2.94. The fourth-order valence-corrected chi connectivity index (χ4v) is 4.41. The van der Waals surface area contributed by atoms with Crippen LogP contribution in [-0.4, -0.2) is 27.1 Å². The van der Waals surface area contributed by atoms with Gasteiger partial charge < -0.3 is 5.32 Å². The third-order valence-corrected chi connectivity index (χ3v) is 7.22. The summed E-state index contributed by atoms with van der Waals surface area (Å²) in [6, 6.07) is 24.1. The zero-order chi connectivity index (χ0) is 20.9. The van der Waals surface area contributed by atoms with Gasteiger partial charge in [-0.2, -0.15) is 0 Å². The first kappa shape index (κ1) is 21.0. The highest BCUT2D eigenvalue weighted by molar-refractivity contribution is 7.99. The smallest absolute Gasteiger partial charge is 0.255 e. The summed E-state index contributed by atoms with van der Waals surface area (Å²) >= 11 is 1.56. The van der Waals surface area contributed by atoms with Crippen molar-refractivity contribution in [2.75, 3.05) is 22.4 Å². The highest BCUT2D eigenvalue weighted by Gasteiger charge is 2.17. The zero-order valence-corrected chi connectivity index (χ0v) is 17.8. The Hall–Kier alpha value is -2.77. The molecule has 1 N–H and O–H groups in total. The van der Waals surface area contributed by atoms with Gasteiger partial charge >= 0.3 is 0 Å². The standard InChI is InChI=1S/C22H22N2O3S2/c1-3-29(26,27)24(2)18-11-9-10-17(16-18)22(25)23-20-14-7-8-15-21(20)28-19-12-5-4-6-13-19/h4-16H,3H2,1-2H3,(H,23,25). The summed E-state index contributed by atoms with van der Waals surface area (Å²) in [5.74, 6) is -0.306. The molecule has 0 aliphatic heterocycles. The number of hydrogen-bond acceptors (Lipinski definition) is 4. The van der Waals surface area contributed by atoms with Gasteiger partial charge in [-0.3, -0.25) is 9.10 Å². The Kier molecular flexibility index (Phi) is 6.61. The van der Waals surface area contributed by atoms with Gasteiger partial charge in [0, 0.05) is 22.4 Å². The molecular formula is C22H22N2O3S2. The molecule has 0 spiro atoms. The van der Waals surface area contributed by atoms with Gasteiger partial charge in [-0.25, -0.2) is 8.42 Å². The van der Waals surface area contributed by atoms with E-state index < -0.39 is 10.0 Å². The molecule has 0 heterocycles. The molecule has 0 unspecified atom stereocenters.